The van der Waals surface area contributed by atoms with Crippen molar-refractivity contribution in [3.8, 4) is 0 Å². The normalized spacial score (nSPS) is 34.4. The summed E-state index contributed by atoms with van der Waals surface area (Å²) in [6.07, 6.45) is -4.82. The Morgan fingerprint density at radius 1 is 1.11 bits per heavy atom. The molecule has 0 aromatic heterocycles. The van der Waals surface area contributed by atoms with Crippen LogP contribution in [-0.4, -0.2) is 72.9 Å². The molecule has 3 unspecified atom stereocenters. The molecule has 0 radical (unpaired) electrons. The van der Waals surface area contributed by atoms with Crippen LogP contribution in [0.3, 0.4) is 0 Å². The molecule has 1 aliphatic heterocycles. The van der Waals surface area contributed by atoms with E-state index < -0.39 is 57.1 Å². The summed E-state index contributed by atoms with van der Waals surface area (Å²) in [7, 11) is -9.02. The van der Waals surface area contributed by atoms with Crippen LogP contribution < -0.4 is 4.72 Å². The van der Waals surface area contributed by atoms with Crippen molar-refractivity contribution in [1.29, 1.82) is 0 Å². The lowest BCUT2D eigenvalue weighted by molar-refractivity contribution is -0.138. The van der Waals surface area contributed by atoms with Crippen molar-refractivity contribution >= 4 is 20.4 Å². The number of aliphatic hydroxyl groups is 2. The Bertz CT molecular complexity index is 439. The molecule has 4 atom stereocenters. The molecule has 108 valence electrons. The van der Waals surface area contributed by atoms with Crippen molar-refractivity contribution in [3.63, 3.8) is 0 Å². The van der Waals surface area contributed by atoms with Crippen LogP contribution >= 0.6 is 0 Å². The molecule has 18 heavy (non-hydrogen) atoms. The number of hydrogen-bond donors (Lipinski definition) is 5. The smallest absolute Gasteiger partial charge is 0.333 e. The van der Waals surface area contributed by atoms with Crippen molar-refractivity contribution in [1.82, 2.24) is 4.72 Å². The lowest BCUT2D eigenvalue weighted by Crippen LogP contribution is -2.60. The Hall–Kier alpha value is -0.340. The molecule has 1 heterocycles. The first-order valence-corrected chi connectivity index (χ1v) is 7.72. The Labute approximate surface area is 103 Å². The maximum atomic E-state index is 10.6. The van der Waals surface area contributed by atoms with Crippen LogP contribution in [0.2, 0.25) is 0 Å². The number of rotatable bonds is 4. The van der Waals surface area contributed by atoms with Crippen molar-refractivity contribution < 1.29 is 40.9 Å². The molecular formula is C6H13NO9S2. The predicted octanol–water partition coefficient (Wildman–Crippen LogP) is -3.24. The highest BCUT2D eigenvalue weighted by atomic mass is 32.2. The Morgan fingerprint density at radius 3 is 2.11 bits per heavy atom. The van der Waals surface area contributed by atoms with Crippen molar-refractivity contribution in [2.24, 2.45) is 0 Å². The summed E-state index contributed by atoms with van der Waals surface area (Å²) >= 11 is 0. The average molecular weight is 307 g/mol. The molecule has 10 nitrogen and oxygen atoms in total. The zero-order chi connectivity index (χ0) is 14.1. The van der Waals surface area contributed by atoms with Gasteiger partial charge in [-0.25, -0.2) is 0 Å². The summed E-state index contributed by atoms with van der Waals surface area (Å²) in [5, 5.41) is 19.0. The molecule has 12 heteroatoms. The third-order valence-corrected chi connectivity index (χ3v) is 3.66. The number of ether oxygens (including phenoxy) is 1. The maximum Gasteiger partial charge on any atom is 0.333 e. The van der Waals surface area contributed by atoms with Gasteiger partial charge in [0, 0.05) is 0 Å². The van der Waals surface area contributed by atoms with Crippen LogP contribution in [-0.2, 0) is 25.2 Å². The van der Waals surface area contributed by atoms with E-state index >= 15 is 0 Å². The molecule has 1 rings (SSSR count). The van der Waals surface area contributed by atoms with Gasteiger partial charge in [0.1, 0.15) is 24.1 Å². The van der Waals surface area contributed by atoms with E-state index in [2.05, 4.69) is 0 Å². The lowest BCUT2D eigenvalue weighted by atomic mass is 10.00. The quantitative estimate of drug-likeness (QED) is 0.335. The minimum atomic E-state index is -4.60. The van der Waals surface area contributed by atoms with Gasteiger partial charge in [0.15, 0.2) is 0 Å². The monoisotopic (exact) mass is 307 g/mol. The first kappa shape index (κ1) is 15.7. The molecule has 0 spiro atoms. The van der Waals surface area contributed by atoms with Crippen LogP contribution in [0.15, 0.2) is 0 Å². The second kappa shape index (κ2) is 5.34. The van der Waals surface area contributed by atoms with Gasteiger partial charge in [-0.2, -0.15) is 21.6 Å². The molecule has 1 saturated heterocycles. The van der Waals surface area contributed by atoms with Gasteiger partial charge >= 0.3 is 10.3 Å². The molecule has 0 aromatic carbocycles. The fourth-order valence-corrected chi connectivity index (χ4v) is 2.83. The third kappa shape index (κ3) is 4.74. The largest absolute Gasteiger partial charge is 0.389 e. The molecule has 5 N–H and O–H groups in total. The van der Waals surface area contributed by atoms with Gasteiger partial charge in [0.2, 0.25) is 0 Å². The van der Waals surface area contributed by atoms with Gasteiger partial charge in [0.25, 0.3) is 10.1 Å². The summed E-state index contributed by atoms with van der Waals surface area (Å²) < 4.78 is 65.7. The van der Waals surface area contributed by atoms with E-state index in [0.29, 0.717) is 0 Å². The first-order valence-electron chi connectivity index (χ1n) is 4.67. The van der Waals surface area contributed by atoms with Crippen LogP contribution in [0.25, 0.3) is 0 Å². The number of hydrogen-bond acceptors (Lipinski definition) is 7. The molecule has 0 bridgehead atoms. The van der Waals surface area contributed by atoms with E-state index in [4.69, 9.17) is 13.8 Å². The zero-order valence-electron chi connectivity index (χ0n) is 8.87. The number of nitrogens with one attached hydrogen (secondary N) is 1. The Morgan fingerprint density at radius 2 is 1.67 bits per heavy atom. The first-order chi connectivity index (χ1) is 7.99. The molecule has 1 aliphatic rings. The topological polar surface area (TPSA) is 170 Å². The standard InChI is InChI=1S/C6H13NO9S2/c8-5-3(7-18(13,14)15)1-16-4(6(5)9)2-17(10,11)12/h3-9H,1-2H2,(H,10,11,12)(H,13,14,15)/t3?,4?,5?,6-/m1/s1. The van der Waals surface area contributed by atoms with E-state index in [1.807, 2.05) is 0 Å². The Kier molecular flexibility index (Phi) is 4.66. The van der Waals surface area contributed by atoms with E-state index in [1.165, 1.54) is 0 Å². The highest BCUT2D eigenvalue weighted by molar-refractivity contribution is 7.85. The molecular weight excluding hydrogens is 294 g/mol. The van der Waals surface area contributed by atoms with Gasteiger partial charge in [0.05, 0.1) is 12.6 Å². The summed E-state index contributed by atoms with van der Waals surface area (Å²) in [5.41, 5.74) is 0. The van der Waals surface area contributed by atoms with E-state index in [1.54, 1.807) is 4.72 Å². The molecule has 0 amide bonds. The lowest BCUT2D eigenvalue weighted by Gasteiger charge is -2.36. The van der Waals surface area contributed by atoms with Gasteiger partial charge in [-0.05, 0) is 0 Å². The summed E-state index contributed by atoms with van der Waals surface area (Å²) in [6.45, 7) is -0.474. The fourth-order valence-electron chi connectivity index (χ4n) is 1.53. The average Bonchev–Trinajstić information content (AvgIpc) is 2.14. The second-order valence-corrected chi connectivity index (χ2v) is 6.48. The van der Waals surface area contributed by atoms with Crippen LogP contribution in [0.1, 0.15) is 0 Å². The zero-order valence-corrected chi connectivity index (χ0v) is 10.5. The SMILES string of the molecule is O=S(=O)(O)CC1OCC(NS(=O)(=O)O)C(O)[C@@H]1O. The maximum absolute atomic E-state index is 10.6. The molecule has 0 saturated carbocycles. The molecule has 0 aliphatic carbocycles. The van der Waals surface area contributed by atoms with E-state index in [0.717, 1.165) is 0 Å². The molecule has 0 aromatic rings. The van der Waals surface area contributed by atoms with E-state index in [-0.39, 0.29) is 0 Å². The van der Waals surface area contributed by atoms with Crippen LogP contribution in [0.4, 0.5) is 0 Å². The summed E-state index contributed by atoms with van der Waals surface area (Å²) in [5.74, 6) is -0.941. The highest BCUT2D eigenvalue weighted by Crippen LogP contribution is 2.17. The minimum Gasteiger partial charge on any atom is -0.389 e. The van der Waals surface area contributed by atoms with E-state index in [9.17, 15) is 27.0 Å². The number of aliphatic hydroxyl groups excluding tert-OH is 2. The van der Waals surface area contributed by atoms with Gasteiger partial charge in [-0.3, -0.25) is 9.11 Å². The van der Waals surface area contributed by atoms with Gasteiger partial charge < -0.3 is 14.9 Å². The third-order valence-electron chi connectivity index (χ3n) is 2.31. The summed E-state index contributed by atoms with van der Waals surface area (Å²) in [4.78, 5) is 0. The summed E-state index contributed by atoms with van der Waals surface area (Å²) in [6, 6.07) is -1.33. The fraction of sp³-hybridized carbons (Fsp3) is 1.00. The minimum absolute atomic E-state index is 0.474. The van der Waals surface area contributed by atoms with Crippen molar-refractivity contribution in [3.05, 3.63) is 0 Å². The Balaban J connectivity index is 2.72. The highest BCUT2D eigenvalue weighted by Gasteiger charge is 2.41. The van der Waals surface area contributed by atoms with Crippen LogP contribution in [0.5, 0.6) is 0 Å². The molecule has 1 fully saturated rings. The van der Waals surface area contributed by atoms with Crippen molar-refractivity contribution in [2.45, 2.75) is 24.4 Å². The van der Waals surface area contributed by atoms with Gasteiger partial charge in [-0.15, -0.1) is 0 Å². The predicted molar refractivity (Wildman–Crippen MR) is 56.6 cm³/mol. The van der Waals surface area contributed by atoms with Crippen molar-refractivity contribution in [2.75, 3.05) is 12.4 Å². The van der Waals surface area contributed by atoms with Crippen LogP contribution in [0, 0.1) is 0 Å². The van der Waals surface area contributed by atoms with Gasteiger partial charge in [-0.1, -0.05) is 0 Å². The second-order valence-electron chi connectivity index (χ2n) is 3.80.